The van der Waals surface area contributed by atoms with Gasteiger partial charge in [0.05, 0.1) is 11.9 Å². The Labute approximate surface area is 85.9 Å². The van der Waals surface area contributed by atoms with Crippen LogP contribution in [0.2, 0.25) is 0 Å². The van der Waals surface area contributed by atoms with Crippen molar-refractivity contribution in [2.24, 2.45) is 0 Å². The van der Waals surface area contributed by atoms with E-state index in [1.807, 2.05) is 12.1 Å². The monoisotopic (exact) mass is 193 g/mol. The molecule has 2 N–H and O–H groups in total. The number of hydrogen-bond donors (Lipinski definition) is 1. The highest BCUT2D eigenvalue weighted by atomic mass is 15.2. The minimum atomic E-state index is 0.478. The molecule has 0 aliphatic rings. The SMILES string of the molecule is CCCN(c1ccc(N)cn1)C(C)C. The largest absolute Gasteiger partial charge is 0.397 e. The molecule has 0 saturated heterocycles. The average Bonchev–Trinajstić information content (AvgIpc) is 2.15. The third-order valence-electron chi connectivity index (χ3n) is 2.15. The van der Waals surface area contributed by atoms with E-state index in [4.69, 9.17) is 5.73 Å². The zero-order valence-electron chi connectivity index (χ0n) is 9.20. The second-order valence-electron chi connectivity index (χ2n) is 3.74. The van der Waals surface area contributed by atoms with E-state index in [1.54, 1.807) is 6.20 Å². The highest BCUT2D eigenvalue weighted by molar-refractivity contribution is 5.46. The number of pyridine rings is 1. The molecule has 0 fully saturated rings. The molecule has 1 aromatic rings. The van der Waals surface area contributed by atoms with Crippen LogP contribution >= 0.6 is 0 Å². The Kier molecular flexibility index (Phi) is 3.74. The first-order valence-corrected chi connectivity index (χ1v) is 5.13. The number of nitrogen functional groups attached to an aromatic ring is 1. The lowest BCUT2D eigenvalue weighted by atomic mass is 10.2. The Morgan fingerprint density at radius 3 is 2.57 bits per heavy atom. The van der Waals surface area contributed by atoms with Crippen LogP contribution in [0, 0.1) is 0 Å². The highest BCUT2D eigenvalue weighted by Crippen LogP contribution is 2.15. The zero-order chi connectivity index (χ0) is 10.6. The molecule has 3 heteroatoms. The molecule has 0 bridgehead atoms. The van der Waals surface area contributed by atoms with E-state index in [-0.39, 0.29) is 0 Å². The lowest BCUT2D eigenvalue weighted by molar-refractivity contribution is 0.662. The molecule has 0 saturated carbocycles. The molecule has 1 rings (SSSR count). The van der Waals surface area contributed by atoms with E-state index in [0.717, 1.165) is 18.8 Å². The number of aromatic nitrogens is 1. The molecule has 0 unspecified atom stereocenters. The summed E-state index contributed by atoms with van der Waals surface area (Å²) in [5, 5.41) is 0. The summed E-state index contributed by atoms with van der Waals surface area (Å²) in [6, 6.07) is 4.35. The van der Waals surface area contributed by atoms with Crippen molar-refractivity contribution < 1.29 is 0 Å². The van der Waals surface area contributed by atoms with Crippen LogP contribution in [0.1, 0.15) is 27.2 Å². The second-order valence-corrected chi connectivity index (χ2v) is 3.74. The van der Waals surface area contributed by atoms with E-state index >= 15 is 0 Å². The molecule has 14 heavy (non-hydrogen) atoms. The van der Waals surface area contributed by atoms with Crippen LogP contribution < -0.4 is 10.6 Å². The maximum absolute atomic E-state index is 5.60. The van der Waals surface area contributed by atoms with Crippen LogP contribution in [0.4, 0.5) is 11.5 Å². The van der Waals surface area contributed by atoms with Gasteiger partial charge >= 0.3 is 0 Å². The molecule has 1 heterocycles. The van der Waals surface area contributed by atoms with Gasteiger partial charge in [-0.05, 0) is 32.4 Å². The van der Waals surface area contributed by atoms with Gasteiger partial charge in [-0.25, -0.2) is 4.98 Å². The molecule has 0 aliphatic heterocycles. The maximum atomic E-state index is 5.60. The third kappa shape index (κ3) is 2.62. The predicted octanol–water partition coefficient (Wildman–Crippen LogP) is 2.29. The lowest BCUT2D eigenvalue weighted by Gasteiger charge is -2.27. The van der Waals surface area contributed by atoms with Gasteiger partial charge < -0.3 is 10.6 Å². The smallest absolute Gasteiger partial charge is 0.128 e. The second kappa shape index (κ2) is 4.84. The van der Waals surface area contributed by atoms with Crippen molar-refractivity contribution in [3.63, 3.8) is 0 Å². The molecule has 1 aromatic heterocycles. The van der Waals surface area contributed by atoms with Crippen molar-refractivity contribution in [3.05, 3.63) is 18.3 Å². The summed E-state index contributed by atoms with van der Waals surface area (Å²) in [4.78, 5) is 6.60. The van der Waals surface area contributed by atoms with Crippen molar-refractivity contribution >= 4 is 11.5 Å². The molecular weight excluding hydrogens is 174 g/mol. The normalized spacial score (nSPS) is 10.6. The molecule has 0 aromatic carbocycles. The fraction of sp³-hybridized carbons (Fsp3) is 0.545. The Morgan fingerprint density at radius 2 is 2.14 bits per heavy atom. The number of hydrogen-bond acceptors (Lipinski definition) is 3. The minimum Gasteiger partial charge on any atom is -0.397 e. The summed E-state index contributed by atoms with van der Waals surface area (Å²) in [5.74, 6) is 1.01. The number of anilines is 2. The van der Waals surface area contributed by atoms with Gasteiger partial charge in [0.1, 0.15) is 5.82 Å². The quantitative estimate of drug-likeness (QED) is 0.797. The van der Waals surface area contributed by atoms with E-state index in [0.29, 0.717) is 11.7 Å². The summed E-state index contributed by atoms with van der Waals surface area (Å²) >= 11 is 0. The fourth-order valence-electron chi connectivity index (χ4n) is 1.45. The van der Waals surface area contributed by atoms with Gasteiger partial charge in [0, 0.05) is 12.6 Å². The topological polar surface area (TPSA) is 42.1 Å². The van der Waals surface area contributed by atoms with Crippen molar-refractivity contribution in [2.75, 3.05) is 17.2 Å². The fourth-order valence-corrected chi connectivity index (χ4v) is 1.45. The van der Waals surface area contributed by atoms with Crippen LogP contribution in [0.15, 0.2) is 18.3 Å². The summed E-state index contributed by atoms with van der Waals surface area (Å²) in [7, 11) is 0. The van der Waals surface area contributed by atoms with Crippen LogP contribution in [-0.2, 0) is 0 Å². The van der Waals surface area contributed by atoms with Gasteiger partial charge in [0.15, 0.2) is 0 Å². The first kappa shape index (κ1) is 10.8. The Morgan fingerprint density at radius 1 is 1.43 bits per heavy atom. The van der Waals surface area contributed by atoms with Crippen molar-refractivity contribution in [3.8, 4) is 0 Å². The standard InChI is InChI=1S/C11H19N3/c1-4-7-14(9(2)3)11-6-5-10(12)8-13-11/h5-6,8-9H,4,7,12H2,1-3H3. The molecule has 78 valence electrons. The molecule has 0 radical (unpaired) electrons. The van der Waals surface area contributed by atoms with E-state index < -0.39 is 0 Å². The van der Waals surface area contributed by atoms with Gasteiger partial charge in [-0.3, -0.25) is 0 Å². The Balaban J connectivity index is 2.82. The van der Waals surface area contributed by atoms with E-state index in [9.17, 15) is 0 Å². The molecular formula is C11H19N3. The van der Waals surface area contributed by atoms with Gasteiger partial charge in [-0.15, -0.1) is 0 Å². The Bertz CT molecular complexity index is 266. The minimum absolute atomic E-state index is 0.478. The van der Waals surface area contributed by atoms with Crippen molar-refractivity contribution in [1.82, 2.24) is 4.98 Å². The molecule has 0 aliphatic carbocycles. The van der Waals surface area contributed by atoms with Gasteiger partial charge in [-0.2, -0.15) is 0 Å². The Hall–Kier alpha value is -1.25. The number of rotatable bonds is 4. The first-order valence-electron chi connectivity index (χ1n) is 5.13. The summed E-state index contributed by atoms with van der Waals surface area (Å²) in [6.07, 6.45) is 2.84. The number of nitrogens with two attached hydrogens (primary N) is 1. The van der Waals surface area contributed by atoms with Crippen molar-refractivity contribution in [2.45, 2.75) is 33.2 Å². The van der Waals surface area contributed by atoms with Crippen LogP contribution in [0.25, 0.3) is 0 Å². The van der Waals surface area contributed by atoms with Crippen molar-refractivity contribution in [1.29, 1.82) is 0 Å². The van der Waals surface area contributed by atoms with Crippen LogP contribution in [0.5, 0.6) is 0 Å². The lowest BCUT2D eigenvalue weighted by Crippen LogP contribution is -2.32. The first-order chi connectivity index (χ1) is 6.65. The third-order valence-corrected chi connectivity index (χ3v) is 2.15. The average molecular weight is 193 g/mol. The van der Waals surface area contributed by atoms with Gasteiger partial charge in [0.2, 0.25) is 0 Å². The predicted molar refractivity (Wildman–Crippen MR) is 61.4 cm³/mol. The maximum Gasteiger partial charge on any atom is 0.128 e. The zero-order valence-corrected chi connectivity index (χ0v) is 9.20. The summed E-state index contributed by atoms with van der Waals surface area (Å²) in [5.41, 5.74) is 6.31. The number of nitrogens with zero attached hydrogens (tertiary/aromatic N) is 2. The molecule has 0 amide bonds. The van der Waals surface area contributed by atoms with Gasteiger partial charge in [-0.1, -0.05) is 6.92 Å². The molecule has 0 atom stereocenters. The molecule has 0 spiro atoms. The summed E-state index contributed by atoms with van der Waals surface area (Å²) in [6.45, 7) is 7.56. The van der Waals surface area contributed by atoms with Gasteiger partial charge in [0.25, 0.3) is 0 Å². The summed E-state index contributed by atoms with van der Waals surface area (Å²) < 4.78 is 0. The highest BCUT2D eigenvalue weighted by Gasteiger charge is 2.09. The van der Waals surface area contributed by atoms with E-state index in [1.165, 1.54) is 0 Å². The molecule has 3 nitrogen and oxygen atoms in total. The van der Waals surface area contributed by atoms with Crippen LogP contribution in [-0.4, -0.2) is 17.6 Å². The van der Waals surface area contributed by atoms with E-state index in [2.05, 4.69) is 30.7 Å². The van der Waals surface area contributed by atoms with Crippen LogP contribution in [0.3, 0.4) is 0 Å².